The SMILES string of the molecule is CCO[C@@](F)(C(F)(F)F)C(F)(F)O[C@](F)(CC(F)(F)F)C1=NCCN1. The lowest BCUT2D eigenvalue weighted by molar-refractivity contribution is -0.478. The van der Waals surface area contributed by atoms with Gasteiger partial charge in [0.05, 0.1) is 6.54 Å². The summed E-state index contributed by atoms with van der Waals surface area (Å²) in [7, 11) is 0. The molecule has 0 aromatic rings. The smallest absolute Gasteiger partial charge is 0.367 e. The van der Waals surface area contributed by atoms with Crippen LogP contribution in [0.2, 0.25) is 0 Å². The van der Waals surface area contributed by atoms with E-state index >= 15 is 0 Å². The molecule has 0 bridgehead atoms. The number of aliphatic imine (C=N–C) groups is 1. The molecule has 0 radical (unpaired) electrons. The van der Waals surface area contributed by atoms with Gasteiger partial charge in [0.25, 0.3) is 5.85 Å². The molecule has 0 aliphatic carbocycles. The van der Waals surface area contributed by atoms with Crippen molar-refractivity contribution in [2.24, 2.45) is 4.99 Å². The number of amidine groups is 1. The van der Waals surface area contributed by atoms with Crippen molar-refractivity contribution in [1.82, 2.24) is 5.32 Å². The molecule has 1 rings (SSSR count). The molecule has 0 aromatic carbocycles. The average Bonchev–Trinajstić information content (AvgIpc) is 2.88. The number of hydrogen-bond donors (Lipinski definition) is 1. The van der Waals surface area contributed by atoms with Gasteiger partial charge in [-0.25, -0.2) is 4.39 Å². The maximum Gasteiger partial charge on any atom is 0.457 e. The molecule has 1 aliphatic heterocycles. The summed E-state index contributed by atoms with van der Waals surface area (Å²) in [5, 5.41) is 1.84. The molecule has 1 N–H and O–H groups in total. The molecule has 0 fully saturated rings. The summed E-state index contributed by atoms with van der Waals surface area (Å²) in [6, 6.07) is 0. The minimum atomic E-state index is -6.43. The fourth-order valence-corrected chi connectivity index (χ4v) is 1.87. The molecule has 0 saturated carbocycles. The van der Waals surface area contributed by atoms with E-state index in [0.29, 0.717) is 6.92 Å². The third-order valence-corrected chi connectivity index (χ3v) is 2.83. The summed E-state index contributed by atoms with van der Waals surface area (Å²) >= 11 is 0. The van der Waals surface area contributed by atoms with Crippen molar-refractivity contribution in [3.63, 3.8) is 0 Å². The molecule has 1 heterocycles. The van der Waals surface area contributed by atoms with Crippen molar-refractivity contribution in [2.45, 2.75) is 43.5 Å². The lowest BCUT2D eigenvalue weighted by Crippen LogP contribution is -2.62. The molecular formula is C11H12F10N2O2. The fourth-order valence-electron chi connectivity index (χ4n) is 1.87. The minimum absolute atomic E-state index is 0.278. The molecule has 0 aromatic heterocycles. The van der Waals surface area contributed by atoms with Crippen LogP contribution in [0.4, 0.5) is 43.9 Å². The Labute approximate surface area is 134 Å². The van der Waals surface area contributed by atoms with Gasteiger partial charge in [-0.05, 0) is 6.92 Å². The summed E-state index contributed by atoms with van der Waals surface area (Å²) in [5.74, 6) is -11.9. The predicted octanol–water partition coefficient (Wildman–Crippen LogP) is 3.48. The number of nitrogens with one attached hydrogen (secondary N) is 1. The lowest BCUT2D eigenvalue weighted by atomic mass is 10.1. The van der Waals surface area contributed by atoms with Crippen LogP contribution >= 0.6 is 0 Å². The van der Waals surface area contributed by atoms with Crippen LogP contribution in [0, 0.1) is 0 Å². The van der Waals surface area contributed by atoms with Crippen molar-refractivity contribution >= 4 is 5.84 Å². The second kappa shape index (κ2) is 6.78. The molecule has 25 heavy (non-hydrogen) atoms. The molecule has 1 aliphatic rings. The highest BCUT2D eigenvalue weighted by molar-refractivity contribution is 5.90. The Morgan fingerprint density at radius 3 is 1.92 bits per heavy atom. The van der Waals surface area contributed by atoms with Crippen LogP contribution < -0.4 is 5.32 Å². The first-order chi connectivity index (χ1) is 11.1. The first-order valence-electron chi connectivity index (χ1n) is 6.60. The quantitative estimate of drug-likeness (QED) is 0.673. The summed E-state index contributed by atoms with van der Waals surface area (Å²) in [6.45, 7) is -1.18. The number of nitrogens with zero attached hydrogens (tertiary/aromatic N) is 1. The van der Waals surface area contributed by atoms with Gasteiger partial charge in [0, 0.05) is 13.2 Å². The molecule has 0 saturated heterocycles. The van der Waals surface area contributed by atoms with Crippen LogP contribution in [0.25, 0.3) is 0 Å². The largest absolute Gasteiger partial charge is 0.457 e. The third-order valence-electron chi connectivity index (χ3n) is 2.83. The van der Waals surface area contributed by atoms with Crippen LogP contribution in [-0.2, 0) is 9.47 Å². The monoisotopic (exact) mass is 394 g/mol. The van der Waals surface area contributed by atoms with Gasteiger partial charge < -0.3 is 10.1 Å². The van der Waals surface area contributed by atoms with E-state index < -0.39 is 49.0 Å². The van der Waals surface area contributed by atoms with Gasteiger partial charge in [-0.15, -0.1) is 0 Å². The zero-order valence-electron chi connectivity index (χ0n) is 12.4. The number of halogens is 10. The normalized spacial score (nSPS) is 21.3. The van der Waals surface area contributed by atoms with E-state index in [0.717, 1.165) is 0 Å². The van der Waals surface area contributed by atoms with Crippen molar-refractivity contribution in [2.75, 3.05) is 19.7 Å². The van der Waals surface area contributed by atoms with Crippen molar-refractivity contribution in [3.05, 3.63) is 0 Å². The molecular weight excluding hydrogens is 382 g/mol. The Kier molecular flexibility index (Phi) is 5.89. The van der Waals surface area contributed by atoms with E-state index in [2.05, 4.69) is 14.5 Å². The summed E-state index contributed by atoms with van der Waals surface area (Å²) in [4.78, 5) is 3.09. The van der Waals surface area contributed by atoms with Gasteiger partial charge >= 0.3 is 24.3 Å². The van der Waals surface area contributed by atoms with E-state index in [1.807, 2.05) is 5.32 Å². The Morgan fingerprint density at radius 1 is 1.00 bits per heavy atom. The number of alkyl halides is 10. The highest BCUT2D eigenvalue weighted by atomic mass is 19.4. The topological polar surface area (TPSA) is 42.9 Å². The molecule has 148 valence electrons. The summed E-state index contributed by atoms with van der Waals surface area (Å²) in [6.07, 6.45) is -20.9. The molecule has 0 unspecified atom stereocenters. The van der Waals surface area contributed by atoms with Gasteiger partial charge in [-0.3, -0.25) is 9.73 Å². The molecule has 2 atom stereocenters. The second-order valence-electron chi connectivity index (χ2n) is 4.82. The third kappa shape index (κ3) is 4.65. The predicted molar refractivity (Wildman–Crippen MR) is 62.4 cm³/mol. The number of hydrogen-bond acceptors (Lipinski definition) is 4. The molecule has 0 amide bonds. The van der Waals surface area contributed by atoms with Crippen molar-refractivity contribution < 1.29 is 53.4 Å². The summed E-state index contributed by atoms with van der Waals surface area (Å²) in [5.41, 5.74) is 0. The van der Waals surface area contributed by atoms with E-state index in [9.17, 15) is 43.9 Å². The van der Waals surface area contributed by atoms with E-state index in [1.165, 1.54) is 0 Å². The maximum absolute atomic E-state index is 14.4. The average molecular weight is 394 g/mol. The first-order valence-corrected chi connectivity index (χ1v) is 6.60. The Hall–Kier alpha value is -1.31. The Morgan fingerprint density at radius 2 is 1.56 bits per heavy atom. The van der Waals surface area contributed by atoms with Gasteiger partial charge in [0.1, 0.15) is 6.42 Å². The van der Waals surface area contributed by atoms with E-state index in [-0.39, 0.29) is 13.1 Å². The van der Waals surface area contributed by atoms with Gasteiger partial charge in [-0.1, -0.05) is 0 Å². The second-order valence-corrected chi connectivity index (χ2v) is 4.82. The highest BCUT2D eigenvalue weighted by Crippen LogP contribution is 2.49. The Bertz CT molecular complexity index is 506. The highest BCUT2D eigenvalue weighted by Gasteiger charge is 2.76. The fraction of sp³-hybridized carbons (Fsp3) is 0.909. The standard InChI is InChI=1S/C11H12F10N2O2/c1-2-24-9(16,10(17,18)19)11(20,21)25-7(12,5-8(13,14)15)6-22-3-4-23-6/h2-5H2,1H3,(H,22,23)/t7-,9+/m1/s1. The van der Waals surface area contributed by atoms with E-state index in [1.54, 1.807) is 0 Å². The first kappa shape index (κ1) is 21.7. The zero-order chi connectivity index (χ0) is 19.7. The van der Waals surface area contributed by atoms with Crippen LogP contribution in [-0.4, -0.2) is 55.7 Å². The van der Waals surface area contributed by atoms with Crippen molar-refractivity contribution in [3.8, 4) is 0 Å². The van der Waals surface area contributed by atoms with Crippen LogP contribution in [0.5, 0.6) is 0 Å². The minimum Gasteiger partial charge on any atom is -0.367 e. The Balaban J connectivity index is 3.28. The van der Waals surface area contributed by atoms with Crippen molar-refractivity contribution in [1.29, 1.82) is 0 Å². The van der Waals surface area contributed by atoms with Crippen LogP contribution in [0.15, 0.2) is 4.99 Å². The lowest BCUT2D eigenvalue weighted by Gasteiger charge is -2.37. The molecule has 4 nitrogen and oxygen atoms in total. The van der Waals surface area contributed by atoms with Gasteiger partial charge in [0.15, 0.2) is 5.84 Å². The zero-order valence-corrected chi connectivity index (χ0v) is 12.4. The van der Waals surface area contributed by atoms with Gasteiger partial charge in [0.2, 0.25) is 0 Å². The van der Waals surface area contributed by atoms with E-state index in [4.69, 9.17) is 0 Å². The molecule has 14 heteroatoms. The van der Waals surface area contributed by atoms with Gasteiger partial charge in [-0.2, -0.15) is 39.5 Å². The van der Waals surface area contributed by atoms with Crippen LogP contribution in [0.3, 0.4) is 0 Å². The number of rotatable bonds is 7. The maximum atomic E-state index is 14.4. The summed E-state index contributed by atoms with van der Waals surface area (Å²) < 4.78 is 137. The number of ether oxygens (including phenoxy) is 2. The van der Waals surface area contributed by atoms with Crippen LogP contribution in [0.1, 0.15) is 13.3 Å². The molecule has 0 spiro atoms.